The molecule has 1 N–H and O–H groups in total. The van der Waals surface area contributed by atoms with Gasteiger partial charge in [-0.15, -0.1) is 0 Å². The number of para-hydroxylation sites is 1. The summed E-state index contributed by atoms with van der Waals surface area (Å²) in [6.45, 7) is 7.41. The first-order valence-corrected chi connectivity index (χ1v) is 11.1. The van der Waals surface area contributed by atoms with Crippen LogP contribution >= 0.6 is 0 Å². The number of carbonyl (C=O) groups is 1. The van der Waals surface area contributed by atoms with Gasteiger partial charge in [0.05, 0.1) is 5.56 Å². The molecule has 0 saturated carbocycles. The molecule has 0 spiro atoms. The Morgan fingerprint density at radius 2 is 2.00 bits per heavy atom. The Morgan fingerprint density at radius 3 is 2.90 bits per heavy atom. The number of nitrogens with zero attached hydrogens (tertiary/aromatic N) is 1. The number of hydrogen-bond donors (Lipinski definition) is 1. The van der Waals surface area contributed by atoms with E-state index in [1.807, 2.05) is 18.2 Å². The maximum Gasteiger partial charge on any atom is 0.202 e. The average Bonchev–Trinajstić information content (AvgIpc) is 2.87. The summed E-state index contributed by atoms with van der Waals surface area (Å²) in [5.41, 5.74) is 6.08. The van der Waals surface area contributed by atoms with Gasteiger partial charge in [0.25, 0.3) is 0 Å². The quantitative estimate of drug-likeness (QED) is 0.646. The van der Waals surface area contributed by atoms with Crippen LogP contribution in [0.15, 0.2) is 42.5 Å². The lowest BCUT2D eigenvalue weighted by Crippen LogP contribution is -2.24. The minimum atomic E-state index is 0.0684. The van der Waals surface area contributed by atoms with Gasteiger partial charge >= 0.3 is 0 Å². The monoisotopic (exact) mass is 402 g/mol. The largest absolute Gasteiger partial charge is 0.485 e. The van der Waals surface area contributed by atoms with Crippen LogP contribution in [0.2, 0.25) is 0 Å². The van der Waals surface area contributed by atoms with Crippen LogP contribution in [-0.4, -0.2) is 30.0 Å². The van der Waals surface area contributed by atoms with Gasteiger partial charge in [-0.2, -0.15) is 0 Å². The summed E-state index contributed by atoms with van der Waals surface area (Å²) in [6.07, 6.45) is 4.43. The third kappa shape index (κ3) is 3.33. The molecule has 0 saturated heterocycles. The number of benzene rings is 2. The predicted octanol–water partition coefficient (Wildman–Crippen LogP) is 4.66. The van der Waals surface area contributed by atoms with E-state index in [-0.39, 0.29) is 17.8 Å². The van der Waals surface area contributed by atoms with Crippen LogP contribution in [0.25, 0.3) is 10.9 Å². The van der Waals surface area contributed by atoms with E-state index in [0.717, 1.165) is 60.4 Å². The van der Waals surface area contributed by atoms with Crippen molar-refractivity contribution < 1.29 is 9.53 Å². The van der Waals surface area contributed by atoms with Gasteiger partial charge in [-0.05, 0) is 54.0 Å². The molecule has 1 aromatic heterocycles. The van der Waals surface area contributed by atoms with Gasteiger partial charge in [-0.3, -0.25) is 4.79 Å². The van der Waals surface area contributed by atoms with Crippen molar-refractivity contribution in [1.29, 1.82) is 0 Å². The number of ketones is 1. The van der Waals surface area contributed by atoms with Crippen LogP contribution in [-0.2, 0) is 24.8 Å². The predicted molar refractivity (Wildman–Crippen MR) is 121 cm³/mol. The Morgan fingerprint density at radius 1 is 1.13 bits per heavy atom. The number of carbonyl (C=O) groups excluding carboxylic acids is 1. The van der Waals surface area contributed by atoms with E-state index >= 15 is 0 Å². The Labute approximate surface area is 178 Å². The molecule has 4 heteroatoms. The fraction of sp³-hybridized carbons (Fsp3) is 0.423. The first-order valence-electron chi connectivity index (χ1n) is 11.1. The smallest absolute Gasteiger partial charge is 0.202 e. The van der Waals surface area contributed by atoms with Crippen LogP contribution in [0.1, 0.15) is 53.9 Å². The summed E-state index contributed by atoms with van der Waals surface area (Å²) in [6, 6.07) is 14.6. The molecule has 2 aromatic carbocycles. The van der Waals surface area contributed by atoms with Crippen molar-refractivity contribution in [2.24, 2.45) is 0 Å². The van der Waals surface area contributed by atoms with Gasteiger partial charge in [-0.25, -0.2) is 0 Å². The molecule has 0 fully saturated rings. The molecule has 2 aliphatic rings. The van der Waals surface area contributed by atoms with Crippen LogP contribution in [0.4, 0.5) is 0 Å². The Bertz CT molecular complexity index is 1110. The first-order chi connectivity index (χ1) is 14.5. The second kappa shape index (κ2) is 7.59. The molecule has 1 aliphatic heterocycles. The molecule has 2 heterocycles. The summed E-state index contributed by atoms with van der Waals surface area (Å²) < 4.78 is 8.36. The van der Waals surface area contributed by atoms with Crippen molar-refractivity contribution in [2.45, 2.75) is 51.5 Å². The zero-order chi connectivity index (χ0) is 20.7. The van der Waals surface area contributed by atoms with Gasteiger partial charge in [0.2, 0.25) is 5.78 Å². The second-order valence-corrected chi connectivity index (χ2v) is 9.26. The van der Waals surface area contributed by atoms with E-state index in [9.17, 15) is 4.79 Å². The Hall–Kier alpha value is -2.59. The van der Waals surface area contributed by atoms with Crippen LogP contribution < -0.4 is 10.1 Å². The lowest BCUT2D eigenvalue weighted by molar-refractivity contribution is 0.0922. The van der Waals surface area contributed by atoms with E-state index in [4.69, 9.17) is 4.74 Å². The van der Waals surface area contributed by atoms with Gasteiger partial charge in [0.1, 0.15) is 5.75 Å². The van der Waals surface area contributed by atoms with Crippen molar-refractivity contribution in [3.63, 3.8) is 0 Å². The number of aryl methyl sites for hydroxylation is 1. The van der Waals surface area contributed by atoms with Gasteiger partial charge < -0.3 is 14.6 Å². The highest BCUT2D eigenvalue weighted by Gasteiger charge is 2.28. The average molecular weight is 403 g/mol. The lowest BCUT2D eigenvalue weighted by Gasteiger charge is -2.32. The standard InChI is InChI=1S/C26H30N2O2/c1-26(2)12-5-6-18-9-10-19(16-21(18)26)30-17-24(29)25-20-7-3-4-8-22(20)28-15-14-27-13-11-23(25)28/h3-4,7-10,16,27H,5-6,11-15,17H2,1-2H3. The molecule has 0 amide bonds. The minimum absolute atomic E-state index is 0.0684. The zero-order valence-corrected chi connectivity index (χ0v) is 18.0. The highest BCUT2D eigenvalue weighted by molar-refractivity contribution is 6.10. The number of rotatable bonds is 4. The van der Waals surface area contributed by atoms with E-state index < -0.39 is 0 Å². The third-order valence-electron chi connectivity index (χ3n) is 6.84. The topological polar surface area (TPSA) is 43.3 Å². The Balaban J connectivity index is 1.43. The molecule has 4 nitrogen and oxygen atoms in total. The molecule has 30 heavy (non-hydrogen) atoms. The highest BCUT2D eigenvalue weighted by Crippen LogP contribution is 2.38. The van der Waals surface area contributed by atoms with Crippen molar-refractivity contribution in [3.05, 3.63) is 64.8 Å². The summed E-state index contributed by atoms with van der Waals surface area (Å²) in [7, 11) is 0. The maximum absolute atomic E-state index is 13.3. The normalized spacial score (nSPS) is 17.8. The molecular formula is C26H30N2O2. The molecule has 0 radical (unpaired) electrons. The molecule has 0 unspecified atom stereocenters. The molecule has 0 atom stereocenters. The minimum Gasteiger partial charge on any atom is -0.485 e. The van der Waals surface area contributed by atoms with Gasteiger partial charge in [0, 0.05) is 42.7 Å². The second-order valence-electron chi connectivity index (χ2n) is 9.26. The van der Waals surface area contributed by atoms with Crippen LogP contribution in [0, 0.1) is 0 Å². The van der Waals surface area contributed by atoms with Crippen molar-refractivity contribution in [3.8, 4) is 5.75 Å². The Kier molecular flexibility index (Phi) is 4.90. The summed E-state index contributed by atoms with van der Waals surface area (Å²) in [5.74, 6) is 0.868. The van der Waals surface area contributed by atoms with Crippen molar-refractivity contribution in [2.75, 3.05) is 19.7 Å². The number of hydrogen-bond acceptors (Lipinski definition) is 3. The SMILES string of the molecule is CC1(C)CCCc2ccc(OCC(=O)c3c4n(c5ccccc35)CCNCC4)cc21. The molecule has 0 bridgehead atoms. The number of ether oxygens (including phenoxy) is 1. The van der Waals surface area contributed by atoms with E-state index in [0.29, 0.717) is 0 Å². The lowest BCUT2D eigenvalue weighted by atomic mass is 9.73. The fourth-order valence-electron chi connectivity index (χ4n) is 5.28. The van der Waals surface area contributed by atoms with Gasteiger partial charge in [0.15, 0.2) is 6.61 Å². The molecule has 156 valence electrons. The molecule has 3 aromatic rings. The zero-order valence-electron chi connectivity index (χ0n) is 18.0. The third-order valence-corrected chi connectivity index (χ3v) is 6.84. The number of fused-ring (bicyclic) bond motifs is 4. The van der Waals surface area contributed by atoms with E-state index in [2.05, 4.69) is 48.0 Å². The fourth-order valence-corrected chi connectivity index (χ4v) is 5.28. The number of nitrogens with one attached hydrogen (secondary N) is 1. The maximum atomic E-state index is 13.3. The summed E-state index contributed by atoms with van der Waals surface area (Å²) >= 11 is 0. The number of Topliss-reactive ketones (excluding diaryl/α,β-unsaturated/α-hetero) is 1. The van der Waals surface area contributed by atoms with Crippen molar-refractivity contribution >= 4 is 16.7 Å². The molecule has 5 rings (SSSR count). The van der Waals surface area contributed by atoms with Gasteiger partial charge in [-0.1, -0.05) is 38.1 Å². The molecule has 1 aliphatic carbocycles. The molecular weight excluding hydrogens is 372 g/mol. The van der Waals surface area contributed by atoms with E-state index in [1.54, 1.807) is 0 Å². The van der Waals surface area contributed by atoms with Crippen LogP contribution in [0.3, 0.4) is 0 Å². The summed E-state index contributed by atoms with van der Waals surface area (Å²) in [5, 5.41) is 4.49. The first kappa shape index (κ1) is 19.4. The van der Waals surface area contributed by atoms with Crippen LogP contribution in [0.5, 0.6) is 5.75 Å². The summed E-state index contributed by atoms with van der Waals surface area (Å²) in [4.78, 5) is 13.3. The van der Waals surface area contributed by atoms with Crippen molar-refractivity contribution in [1.82, 2.24) is 9.88 Å². The highest BCUT2D eigenvalue weighted by atomic mass is 16.5. The number of aromatic nitrogens is 1. The van der Waals surface area contributed by atoms with E-state index in [1.165, 1.54) is 24.0 Å².